The molecule has 2 aromatic rings. The first-order valence-corrected chi connectivity index (χ1v) is 6.30. The summed E-state index contributed by atoms with van der Waals surface area (Å²) < 4.78 is 0. The number of nitriles is 1. The summed E-state index contributed by atoms with van der Waals surface area (Å²) in [6.07, 6.45) is 1.61. The predicted octanol–water partition coefficient (Wildman–Crippen LogP) is 3.15. The first kappa shape index (κ1) is 15.0. The quantitative estimate of drug-likeness (QED) is 0.666. The van der Waals surface area contributed by atoms with Gasteiger partial charge in [-0.2, -0.15) is 5.26 Å². The summed E-state index contributed by atoms with van der Waals surface area (Å²) in [6.45, 7) is 0. The third-order valence-electron chi connectivity index (χ3n) is 3.03. The van der Waals surface area contributed by atoms with Gasteiger partial charge in [-0.1, -0.05) is 24.3 Å². The normalized spacial score (nSPS) is 10.8. The molecule has 5 nitrogen and oxygen atoms in total. The standard InChI is InChI=1S/C17H11NO4/c18-10-15(12-5-7-14(8-6-12)17(21)22)9-11-1-3-13(4-2-11)16(19)20/h1-9H,(H,19,20)(H,21,22). The maximum absolute atomic E-state index is 10.8. The van der Waals surface area contributed by atoms with Crippen LogP contribution in [0.3, 0.4) is 0 Å². The molecule has 0 aliphatic heterocycles. The van der Waals surface area contributed by atoms with Crippen molar-refractivity contribution in [2.24, 2.45) is 0 Å². The van der Waals surface area contributed by atoms with Gasteiger partial charge in [0.05, 0.1) is 22.8 Å². The Hall–Kier alpha value is -3.39. The largest absolute Gasteiger partial charge is 0.478 e. The molecule has 0 atom stereocenters. The molecule has 5 heteroatoms. The predicted molar refractivity (Wildman–Crippen MR) is 80.3 cm³/mol. The van der Waals surface area contributed by atoms with Gasteiger partial charge in [-0.15, -0.1) is 0 Å². The lowest BCUT2D eigenvalue weighted by Crippen LogP contribution is -1.96. The number of aromatic carboxylic acids is 2. The van der Waals surface area contributed by atoms with Crippen molar-refractivity contribution in [3.05, 3.63) is 70.8 Å². The van der Waals surface area contributed by atoms with E-state index in [4.69, 9.17) is 10.2 Å². The van der Waals surface area contributed by atoms with E-state index in [1.54, 1.807) is 30.3 Å². The van der Waals surface area contributed by atoms with Gasteiger partial charge < -0.3 is 10.2 Å². The first-order valence-electron chi connectivity index (χ1n) is 6.30. The number of benzene rings is 2. The Labute approximate surface area is 126 Å². The number of hydrogen-bond acceptors (Lipinski definition) is 3. The minimum atomic E-state index is -1.03. The summed E-state index contributed by atoms with van der Waals surface area (Å²) in [4.78, 5) is 21.6. The van der Waals surface area contributed by atoms with Crippen molar-refractivity contribution in [1.82, 2.24) is 0 Å². The van der Waals surface area contributed by atoms with Gasteiger partial charge in [0.2, 0.25) is 0 Å². The topological polar surface area (TPSA) is 98.4 Å². The number of carboxylic acids is 2. The van der Waals surface area contributed by atoms with Crippen molar-refractivity contribution >= 4 is 23.6 Å². The molecule has 0 bridgehead atoms. The minimum Gasteiger partial charge on any atom is -0.478 e. The van der Waals surface area contributed by atoms with Gasteiger partial charge in [0.1, 0.15) is 0 Å². The van der Waals surface area contributed by atoms with Crippen LogP contribution in [0.4, 0.5) is 0 Å². The third kappa shape index (κ3) is 3.38. The van der Waals surface area contributed by atoms with E-state index in [1.807, 2.05) is 0 Å². The van der Waals surface area contributed by atoms with Crippen LogP contribution in [-0.2, 0) is 0 Å². The van der Waals surface area contributed by atoms with Crippen molar-refractivity contribution < 1.29 is 19.8 Å². The van der Waals surface area contributed by atoms with Gasteiger partial charge in [-0.25, -0.2) is 9.59 Å². The highest BCUT2D eigenvalue weighted by Crippen LogP contribution is 2.19. The molecule has 0 fully saturated rings. The average molecular weight is 293 g/mol. The monoisotopic (exact) mass is 293 g/mol. The summed E-state index contributed by atoms with van der Waals surface area (Å²) >= 11 is 0. The molecule has 0 saturated carbocycles. The molecule has 2 N–H and O–H groups in total. The van der Waals surface area contributed by atoms with E-state index >= 15 is 0 Å². The van der Waals surface area contributed by atoms with Crippen molar-refractivity contribution in [2.75, 3.05) is 0 Å². The molecule has 0 spiro atoms. The van der Waals surface area contributed by atoms with Crippen molar-refractivity contribution in [2.45, 2.75) is 0 Å². The number of allylic oxidation sites excluding steroid dienone is 1. The number of nitrogens with zero attached hydrogens (tertiary/aromatic N) is 1. The molecule has 0 saturated heterocycles. The van der Waals surface area contributed by atoms with Crippen molar-refractivity contribution in [3.8, 4) is 6.07 Å². The van der Waals surface area contributed by atoms with Crippen LogP contribution in [0, 0.1) is 11.3 Å². The summed E-state index contributed by atoms with van der Waals surface area (Å²) in [7, 11) is 0. The van der Waals surface area contributed by atoms with Gasteiger partial charge in [-0.3, -0.25) is 0 Å². The molecule has 0 heterocycles. The summed E-state index contributed by atoms with van der Waals surface area (Å²) in [5.74, 6) is -2.04. The zero-order chi connectivity index (χ0) is 16.1. The molecule has 2 aromatic carbocycles. The molecular formula is C17H11NO4. The molecule has 0 amide bonds. The van der Waals surface area contributed by atoms with Gasteiger partial charge in [0.15, 0.2) is 0 Å². The number of carboxylic acid groups (broad SMARTS) is 2. The van der Waals surface area contributed by atoms with E-state index in [2.05, 4.69) is 6.07 Å². The summed E-state index contributed by atoms with van der Waals surface area (Å²) in [6, 6.07) is 14.1. The van der Waals surface area contributed by atoms with Crippen LogP contribution >= 0.6 is 0 Å². The molecule has 22 heavy (non-hydrogen) atoms. The SMILES string of the molecule is N#CC(=Cc1ccc(C(=O)O)cc1)c1ccc(C(=O)O)cc1. The van der Waals surface area contributed by atoms with Crippen LogP contribution in [-0.4, -0.2) is 22.2 Å². The third-order valence-corrected chi connectivity index (χ3v) is 3.03. The maximum Gasteiger partial charge on any atom is 0.335 e. The van der Waals surface area contributed by atoms with Gasteiger partial charge in [0, 0.05) is 0 Å². The lowest BCUT2D eigenvalue weighted by Gasteiger charge is -2.01. The van der Waals surface area contributed by atoms with Crippen LogP contribution < -0.4 is 0 Å². The van der Waals surface area contributed by atoms with Crippen LogP contribution in [0.2, 0.25) is 0 Å². The van der Waals surface area contributed by atoms with E-state index in [0.29, 0.717) is 16.7 Å². The number of rotatable bonds is 4. The van der Waals surface area contributed by atoms with E-state index < -0.39 is 11.9 Å². The lowest BCUT2D eigenvalue weighted by molar-refractivity contribution is 0.0686. The fraction of sp³-hybridized carbons (Fsp3) is 0. The Morgan fingerprint density at radius 2 is 1.23 bits per heavy atom. The van der Waals surface area contributed by atoms with Crippen LogP contribution in [0.25, 0.3) is 11.6 Å². The minimum absolute atomic E-state index is 0.145. The second-order valence-electron chi connectivity index (χ2n) is 4.48. The van der Waals surface area contributed by atoms with Crippen LogP contribution in [0.5, 0.6) is 0 Å². The molecule has 108 valence electrons. The molecule has 0 aliphatic carbocycles. The Kier molecular flexibility index (Phi) is 4.35. The highest BCUT2D eigenvalue weighted by Gasteiger charge is 2.06. The molecule has 2 rings (SSSR count). The van der Waals surface area contributed by atoms with Crippen molar-refractivity contribution in [3.63, 3.8) is 0 Å². The Balaban J connectivity index is 2.32. The van der Waals surface area contributed by atoms with Gasteiger partial charge >= 0.3 is 11.9 Å². The fourth-order valence-corrected chi connectivity index (χ4v) is 1.86. The highest BCUT2D eigenvalue weighted by atomic mass is 16.4. The Morgan fingerprint density at radius 3 is 1.64 bits per heavy atom. The molecule has 0 unspecified atom stereocenters. The maximum atomic E-state index is 10.8. The van der Waals surface area contributed by atoms with Gasteiger partial charge in [-0.05, 0) is 41.5 Å². The zero-order valence-corrected chi connectivity index (χ0v) is 11.4. The fourth-order valence-electron chi connectivity index (χ4n) is 1.86. The zero-order valence-electron chi connectivity index (χ0n) is 11.4. The molecule has 0 aliphatic rings. The Morgan fingerprint density at radius 1 is 0.818 bits per heavy atom. The van der Waals surface area contributed by atoms with Crippen LogP contribution in [0.1, 0.15) is 31.8 Å². The average Bonchev–Trinajstić information content (AvgIpc) is 2.53. The molecule has 0 radical (unpaired) electrons. The number of carbonyl (C=O) groups is 2. The number of hydrogen-bond donors (Lipinski definition) is 2. The summed E-state index contributed by atoms with van der Waals surface area (Å²) in [5.41, 5.74) is 1.95. The first-order chi connectivity index (χ1) is 10.5. The Bertz CT molecular complexity index is 781. The van der Waals surface area contributed by atoms with Crippen molar-refractivity contribution in [1.29, 1.82) is 5.26 Å². The summed E-state index contributed by atoms with van der Waals surface area (Å²) in [5, 5.41) is 26.9. The molecular weight excluding hydrogens is 282 g/mol. The second kappa shape index (κ2) is 6.37. The van der Waals surface area contributed by atoms with E-state index in [0.717, 1.165) is 0 Å². The van der Waals surface area contributed by atoms with E-state index in [1.165, 1.54) is 24.3 Å². The van der Waals surface area contributed by atoms with E-state index in [9.17, 15) is 14.9 Å². The van der Waals surface area contributed by atoms with Crippen LogP contribution in [0.15, 0.2) is 48.5 Å². The highest BCUT2D eigenvalue weighted by molar-refractivity contribution is 5.93. The lowest BCUT2D eigenvalue weighted by atomic mass is 10.0. The second-order valence-corrected chi connectivity index (χ2v) is 4.48. The molecule has 0 aromatic heterocycles. The van der Waals surface area contributed by atoms with Gasteiger partial charge in [0.25, 0.3) is 0 Å². The smallest absolute Gasteiger partial charge is 0.335 e. The van der Waals surface area contributed by atoms with E-state index in [-0.39, 0.29) is 11.1 Å².